The Labute approximate surface area is 186 Å². The smallest absolute Gasteiger partial charge is 0.0728 e. The maximum absolute atomic E-state index is 11.8. The van der Waals surface area contributed by atoms with E-state index in [0.717, 1.165) is 61.2 Å². The molecule has 0 amide bonds. The number of methoxy groups -OCH3 is 1. The maximum atomic E-state index is 11.8. The van der Waals surface area contributed by atoms with Crippen molar-refractivity contribution in [1.29, 1.82) is 0 Å². The second-order valence-electron chi connectivity index (χ2n) is 13.0. The van der Waals surface area contributed by atoms with Crippen molar-refractivity contribution in [2.24, 2.45) is 46.3 Å². The first-order chi connectivity index (χ1) is 14.1. The number of hydrogen-bond acceptors (Lipinski definition) is 2. The number of hydrogen-bond donors (Lipinski definition) is 1. The Morgan fingerprint density at radius 3 is 2.37 bits per heavy atom. The molecule has 1 N–H and O–H groups in total. The highest BCUT2D eigenvalue weighted by atomic mass is 16.5. The van der Waals surface area contributed by atoms with Crippen LogP contribution in [0.4, 0.5) is 0 Å². The topological polar surface area (TPSA) is 29.5 Å². The van der Waals surface area contributed by atoms with E-state index in [2.05, 4.69) is 34.6 Å². The summed E-state index contributed by atoms with van der Waals surface area (Å²) in [7, 11) is 1.83. The van der Waals surface area contributed by atoms with Crippen molar-refractivity contribution in [1.82, 2.24) is 0 Å². The molecule has 4 saturated carbocycles. The van der Waals surface area contributed by atoms with E-state index in [-0.39, 0.29) is 11.5 Å². The van der Waals surface area contributed by atoms with Crippen molar-refractivity contribution in [3.63, 3.8) is 0 Å². The van der Waals surface area contributed by atoms with Gasteiger partial charge in [0.1, 0.15) is 0 Å². The summed E-state index contributed by atoms with van der Waals surface area (Å²) in [5.41, 5.74) is 0.157. The quantitative estimate of drug-likeness (QED) is 0.492. The van der Waals surface area contributed by atoms with Crippen molar-refractivity contribution in [2.45, 2.75) is 123 Å². The SMILES string of the molecule is COC1CCC2(C)C3CCC4(C)C(CCC4[C@H](C)CCCC(C)C)C3CC[C@@]2(O)C1. The molecule has 7 unspecified atom stereocenters. The van der Waals surface area contributed by atoms with E-state index in [4.69, 9.17) is 4.74 Å². The lowest BCUT2D eigenvalue weighted by atomic mass is 9.43. The molecule has 4 rings (SSSR count). The van der Waals surface area contributed by atoms with Gasteiger partial charge in [0, 0.05) is 13.5 Å². The van der Waals surface area contributed by atoms with E-state index in [9.17, 15) is 5.11 Å². The average molecular weight is 419 g/mol. The summed E-state index contributed by atoms with van der Waals surface area (Å²) in [6.45, 7) is 12.4. The Bertz CT molecular complexity index is 601. The van der Waals surface area contributed by atoms with Gasteiger partial charge in [0.2, 0.25) is 0 Å². The monoisotopic (exact) mass is 418 g/mol. The molecule has 0 aromatic carbocycles. The van der Waals surface area contributed by atoms with Gasteiger partial charge >= 0.3 is 0 Å². The third-order valence-corrected chi connectivity index (χ3v) is 11.3. The van der Waals surface area contributed by atoms with Crippen LogP contribution in [-0.2, 0) is 4.74 Å². The Balaban J connectivity index is 1.48. The van der Waals surface area contributed by atoms with E-state index in [1.165, 1.54) is 51.4 Å². The standard InChI is InChI=1S/C28H50O2/c1-19(2)8-7-9-20(3)23-10-11-24-22-13-17-28(29)18-21(30-6)12-16-27(28,5)25(22)14-15-26(23,24)4/h19-25,29H,7-18H2,1-6H3/t20-,21?,22?,23?,24?,25?,26?,27?,28-/m1/s1. The van der Waals surface area contributed by atoms with Gasteiger partial charge in [0.05, 0.1) is 11.7 Å². The maximum Gasteiger partial charge on any atom is 0.0728 e. The van der Waals surface area contributed by atoms with E-state index in [1.807, 2.05) is 7.11 Å². The van der Waals surface area contributed by atoms with Crippen LogP contribution < -0.4 is 0 Å². The molecule has 0 spiro atoms. The molecule has 0 heterocycles. The van der Waals surface area contributed by atoms with Gasteiger partial charge < -0.3 is 9.84 Å². The van der Waals surface area contributed by atoms with Crippen molar-refractivity contribution >= 4 is 0 Å². The lowest BCUT2D eigenvalue weighted by molar-refractivity contribution is -0.222. The summed E-state index contributed by atoms with van der Waals surface area (Å²) < 4.78 is 5.70. The van der Waals surface area contributed by atoms with Gasteiger partial charge in [-0.3, -0.25) is 0 Å². The minimum atomic E-state index is -0.497. The van der Waals surface area contributed by atoms with Crippen LogP contribution in [0.15, 0.2) is 0 Å². The molecule has 4 aliphatic carbocycles. The number of rotatable bonds is 6. The van der Waals surface area contributed by atoms with Crippen LogP contribution in [0.1, 0.15) is 112 Å². The van der Waals surface area contributed by atoms with Gasteiger partial charge in [0.15, 0.2) is 0 Å². The molecular formula is C28H50O2. The molecule has 0 aliphatic heterocycles. The zero-order valence-electron chi connectivity index (χ0n) is 20.9. The van der Waals surface area contributed by atoms with Gasteiger partial charge in [-0.25, -0.2) is 0 Å². The largest absolute Gasteiger partial charge is 0.389 e. The summed E-state index contributed by atoms with van der Waals surface area (Å²) in [4.78, 5) is 0. The summed E-state index contributed by atoms with van der Waals surface area (Å²) in [5.74, 6) is 5.12. The third-order valence-electron chi connectivity index (χ3n) is 11.3. The zero-order valence-corrected chi connectivity index (χ0v) is 20.9. The van der Waals surface area contributed by atoms with E-state index in [0.29, 0.717) is 5.41 Å². The van der Waals surface area contributed by atoms with Crippen LogP contribution in [0.5, 0.6) is 0 Å². The molecule has 174 valence electrons. The van der Waals surface area contributed by atoms with Crippen molar-refractivity contribution in [3.8, 4) is 0 Å². The van der Waals surface area contributed by atoms with Crippen LogP contribution in [0.3, 0.4) is 0 Å². The fraction of sp³-hybridized carbons (Fsp3) is 1.00. The van der Waals surface area contributed by atoms with Crippen molar-refractivity contribution in [2.75, 3.05) is 7.11 Å². The Hall–Kier alpha value is -0.0800. The lowest BCUT2D eigenvalue weighted by Crippen LogP contribution is -2.63. The molecule has 0 bridgehead atoms. The molecule has 30 heavy (non-hydrogen) atoms. The predicted octanol–water partition coefficient (Wildman–Crippen LogP) is 7.24. The number of ether oxygens (including phenoxy) is 1. The first-order valence-corrected chi connectivity index (χ1v) is 13.4. The third kappa shape index (κ3) is 3.60. The first kappa shape index (κ1) is 23.1. The summed E-state index contributed by atoms with van der Waals surface area (Å²) in [6.07, 6.45) is 15.6. The van der Waals surface area contributed by atoms with Gasteiger partial charge in [-0.05, 0) is 97.7 Å². The minimum Gasteiger partial charge on any atom is -0.389 e. The summed E-state index contributed by atoms with van der Waals surface area (Å²) in [5, 5.41) is 11.8. The Morgan fingerprint density at radius 1 is 0.900 bits per heavy atom. The van der Waals surface area contributed by atoms with Gasteiger partial charge in [-0.1, -0.05) is 53.9 Å². The molecule has 4 aliphatic rings. The molecule has 0 aromatic rings. The van der Waals surface area contributed by atoms with E-state index in [1.54, 1.807) is 0 Å². The highest BCUT2D eigenvalue weighted by Gasteiger charge is 2.64. The first-order valence-electron chi connectivity index (χ1n) is 13.4. The Kier molecular flexibility index (Phi) is 6.44. The molecule has 0 aromatic heterocycles. The molecule has 2 nitrogen and oxygen atoms in total. The predicted molar refractivity (Wildman–Crippen MR) is 125 cm³/mol. The highest BCUT2D eigenvalue weighted by Crippen LogP contribution is 2.69. The van der Waals surface area contributed by atoms with Gasteiger partial charge in [0.25, 0.3) is 0 Å². The van der Waals surface area contributed by atoms with Crippen LogP contribution in [0, 0.1) is 46.3 Å². The van der Waals surface area contributed by atoms with Gasteiger partial charge in [-0.2, -0.15) is 0 Å². The lowest BCUT2D eigenvalue weighted by Gasteiger charge is -2.64. The fourth-order valence-corrected chi connectivity index (χ4v) is 9.44. The second kappa shape index (κ2) is 8.36. The van der Waals surface area contributed by atoms with Gasteiger partial charge in [-0.15, -0.1) is 0 Å². The second-order valence-corrected chi connectivity index (χ2v) is 13.0. The molecule has 2 heteroatoms. The number of aliphatic hydroxyl groups is 1. The molecule has 9 atom stereocenters. The van der Waals surface area contributed by atoms with Crippen molar-refractivity contribution < 1.29 is 9.84 Å². The zero-order chi connectivity index (χ0) is 21.7. The highest BCUT2D eigenvalue weighted by molar-refractivity contribution is 5.14. The molecule has 0 saturated heterocycles. The molecule has 4 fully saturated rings. The number of fused-ring (bicyclic) bond motifs is 5. The van der Waals surface area contributed by atoms with E-state index >= 15 is 0 Å². The van der Waals surface area contributed by atoms with Crippen LogP contribution in [-0.4, -0.2) is 23.9 Å². The molecule has 0 radical (unpaired) electrons. The Morgan fingerprint density at radius 2 is 1.67 bits per heavy atom. The van der Waals surface area contributed by atoms with E-state index < -0.39 is 5.60 Å². The summed E-state index contributed by atoms with van der Waals surface area (Å²) >= 11 is 0. The minimum absolute atomic E-state index is 0.104. The van der Waals surface area contributed by atoms with Crippen LogP contribution in [0.2, 0.25) is 0 Å². The van der Waals surface area contributed by atoms with Crippen LogP contribution in [0.25, 0.3) is 0 Å². The summed E-state index contributed by atoms with van der Waals surface area (Å²) in [6, 6.07) is 0. The average Bonchev–Trinajstić information content (AvgIpc) is 3.05. The van der Waals surface area contributed by atoms with Crippen molar-refractivity contribution in [3.05, 3.63) is 0 Å². The normalized spacial score (nSPS) is 49.4. The molecular weight excluding hydrogens is 368 g/mol. The fourth-order valence-electron chi connectivity index (χ4n) is 9.44. The van der Waals surface area contributed by atoms with Crippen LogP contribution >= 0.6 is 0 Å².